The molecule has 1 aliphatic rings. The molecular weight excluding hydrogens is 314 g/mol. The first-order valence-corrected chi connectivity index (χ1v) is 8.53. The number of aryl methyl sites for hydroxylation is 1. The number of thiophene rings is 1. The zero-order chi connectivity index (χ0) is 16.3. The largest absolute Gasteiger partial charge is 0.479 e. The molecule has 1 N–H and O–H groups in total. The number of nitrogens with zero attached hydrogens (tertiary/aromatic N) is 3. The third-order valence-electron chi connectivity index (χ3n) is 4.45. The summed E-state index contributed by atoms with van der Waals surface area (Å²) in [5.74, 6) is -0.787. The second-order valence-electron chi connectivity index (χ2n) is 5.75. The van der Waals surface area contributed by atoms with Crippen LogP contribution in [-0.4, -0.2) is 44.8 Å². The molecule has 3 rings (SSSR count). The minimum atomic E-state index is -1.03. The van der Waals surface area contributed by atoms with Crippen molar-refractivity contribution in [3.8, 4) is 0 Å². The average molecular weight is 333 g/mol. The number of carboxylic acids is 1. The lowest BCUT2D eigenvalue weighted by atomic mass is 9.87. The summed E-state index contributed by atoms with van der Waals surface area (Å²) >= 11 is 1.65. The minimum Gasteiger partial charge on any atom is -0.479 e. The van der Waals surface area contributed by atoms with Crippen LogP contribution in [0.5, 0.6) is 0 Å². The lowest BCUT2D eigenvalue weighted by molar-refractivity contribution is -0.153. The van der Waals surface area contributed by atoms with E-state index in [4.69, 9.17) is 0 Å². The summed E-state index contributed by atoms with van der Waals surface area (Å²) in [5, 5.41) is 15.8. The van der Waals surface area contributed by atoms with E-state index in [2.05, 4.69) is 5.10 Å². The summed E-state index contributed by atoms with van der Waals surface area (Å²) in [7, 11) is 0. The van der Waals surface area contributed by atoms with E-state index in [9.17, 15) is 14.7 Å². The third-order valence-corrected chi connectivity index (χ3v) is 5.39. The van der Waals surface area contributed by atoms with Crippen molar-refractivity contribution in [2.24, 2.45) is 0 Å². The molecule has 0 radical (unpaired) electrons. The summed E-state index contributed by atoms with van der Waals surface area (Å²) in [5.41, 5.74) is -1.03. The fourth-order valence-electron chi connectivity index (χ4n) is 3.03. The molecule has 1 amide bonds. The first kappa shape index (κ1) is 15.7. The van der Waals surface area contributed by atoms with Gasteiger partial charge in [-0.2, -0.15) is 5.10 Å². The Morgan fingerprint density at radius 3 is 2.65 bits per heavy atom. The molecule has 0 unspecified atom stereocenters. The van der Waals surface area contributed by atoms with Gasteiger partial charge in [0.15, 0.2) is 5.54 Å². The van der Waals surface area contributed by atoms with Crippen molar-refractivity contribution < 1.29 is 14.7 Å². The van der Waals surface area contributed by atoms with Gasteiger partial charge in [-0.3, -0.25) is 9.48 Å². The fourth-order valence-corrected chi connectivity index (χ4v) is 3.74. The van der Waals surface area contributed by atoms with Crippen LogP contribution in [0, 0.1) is 0 Å². The minimum absolute atomic E-state index is 0.0952. The number of piperidine rings is 1. The number of rotatable bonds is 5. The predicted molar refractivity (Wildman–Crippen MR) is 86.3 cm³/mol. The molecule has 1 saturated heterocycles. The Labute approximate surface area is 138 Å². The van der Waals surface area contributed by atoms with Crippen LogP contribution in [0.4, 0.5) is 0 Å². The van der Waals surface area contributed by atoms with Crippen molar-refractivity contribution in [1.29, 1.82) is 0 Å². The molecule has 0 aromatic carbocycles. The number of amides is 1. The van der Waals surface area contributed by atoms with E-state index in [1.165, 1.54) is 9.56 Å². The summed E-state index contributed by atoms with van der Waals surface area (Å²) in [6, 6.07) is 5.74. The Balaban J connectivity index is 1.60. The van der Waals surface area contributed by atoms with Gasteiger partial charge >= 0.3 is 5.97 Å². The molecule has 1 fully saturated rings. The molecule has 0 aliphatic carbocycles. The Bertz CT molecular complexity index is 659. The second kappa shape index (κ2) is 6.54. The monoisotopic (exact) mass is 333 g/mol. The molecule has 0 atom stereocenters. The number of hydrogen-bond donors (Lipinski definition) is 1. The standard InChI is InChI=1S/C16H19N3O3S/c20-14(5-4-13-3-1-12-23-13)18-10-6-16(7-11-18,15(21)22)19-9-2-8-17-19/h1-3,8-9,12H,4-7,10-11H2,(H,21,22). The molecule has 122 valence electrons. The molecule has 0 saturated carbocycles. The van der Waals surface area contributed by atoms with Crippen molar-refractivity contribution in [1.82, 2.24) is 14.7 Å². The number of carbonyl (C=O) groups is 2. The van der Waals surface area contributed by atoms with Crippen LogP contribution < -0.4 is 0 Å². The SMILES string of the molecule is O=C(CCc1cccs1)N1CCC(C(=O)O)(n2cccn2)CC1. The molecule has 7 heteroatoms. The molecule has 2 aromatic rings. The van der Waals surface area contributed by atoms with Crippen molar-refractivity contribution in [2.75, 3.05) is 13.1 Å². The molecule has 1 aliphatic heterocycles. The van der Waals surface area contributed by atoms with E-state index in [-0.39, 0.29) is 5.91 Å². The van der Waals surface area contributed by atoms with E-state index in [0.717, 1.165) is 6.42 Å². The van der Waals surface area contributed by atoms with Crippen LogP contribution in [0.15, 0.2) is 36.0 Å². The van der Waals surface area contributed by atoms with Crippen molar-refractivity contribution in [3.05, 3.63) is 40.8 Å². The molecule has 23 heavy (non-hydrogen) atoms. The summed E-state index contributed by atoms with van der Waals surface area (Å²) < 4.78 is 1.52. The van der Waals surface area contributed by atoms with Gasteiger partial charge in [-0.1, -0.05) is 6.07 Å². The fraction of sp³-hybridized carbons (Fsp3) is 0.438. The highest BCUT2D eigenvalue weighted by Gasteiger charge is 2.44. The lowest BCUT2D eigenvalue weighted by Gasteiger charge is -2.39. The number of hydrogen-bond acceptors (Lipinski definition) is 4. The van der Waals surface area contributed by atoms with Crippen molar-refractivity contribution >= 4 is 23.2 Å². The molecule has 0 spiro atoms. The van der Waals surface area contributed by atoms with E-state index in [0.29, 0.717) is 32.4 Å². The first-order chi connectivity index (χ1) is 11.1. The van der Waals surface area contributed by atoms with Gasteiger partial charge < -0.3 is 10.0 Å². The zero-order valence-corrected chi connectivity index (χ0v) is 13.5. The Morgan fingerprint density at radius 1 is 1.30 bits per heavy atom. The predicted octanol–water partition coefficient (Wildman–Crippen LogP) is 1.98. The lowest BCUT2D eigenvalue weighted by Crippen LogP contribution is -2.52. The molecule has 6 nitrogen and oxygen atoms in total. The highest BCUT2D eigenvalue weighted by atomic mass is 32.1. The highest BCUT2D eigenvalue weighted by Crippen LogP contribution is 2.30. The van der Waals surface area contributed by atoms with Gasteiger partial charge in [0.05, 0.1) is 0 Å². The average Bonchev–Trinajstić information content (AvgIpc) is 3.26. The van der Waals surface area contributed by atoms with Gasteiger partial charge in [0.1, 0.15) is 0 Å². The van der Waals surface area contributed by atoms with Crippen LogP contribution in [0.3, 0.4) is 0 Å². The number of aliphatic carboxylic acids is 1. The normalized spacial score (nSPS) is 17.1. The maximum Gasteiger partial charge on any atom is 0.331 e. The van der Waals surface area contributed by atoms with Gasteiger partial charge in [0, 0.05) is 49.6 Å². The number of likely N-dealkylation sites (tertiary alicyclic amines) is 1. The van der Waals surface area contributed by atoms with E-state index >= 15 is 0 Å². The van der Waals surface area contributed by atoms with Crippen LogP contribution in [-0.2, 0) is 21.5 Å². The van der Waals surface area contributed by atoms with Gasteiger partial charge in [-0.25, -0.2) is 4.79 Å². The molecule has 0 bridgehead atoms. The zero-order valence-electron chi connectivity index (χ0n) is 12.7. The summed E-state index contributed by atoms with van der Waals surface area (Å²) in [4.78, 5) is 27.1. The van der Waals surface area contributed by atoms with E-state index < -0.39 is 11.5 Å². The Morgan fingerprint density at radius 2 is 2.09 bits per heavy atom. The quantitative estimate of drug-likeness (QED) is 0.908. The first-order valence-electron chi connectivity index (χ1n) is 7.65. The summed E-state index contributed by atoms with van der Waals surface area (Å²) in [6.07, 6.45) is 5.26. The summed E-state index contributed by atoms with van der Waals surface area (Å²) in [6.45, 7) is 0.908. The highest BCUT2D eigenvalue weighted by molar-refractivity contribution is 7.09. The Kier molecular flexibility index (Phi) is 4.47. The van der Waals surface area contributed by atoms with Crippen LogP contribution >= 0.6 is 11.3 Å². The van der Waals surface area contributed by atoms with E-state index in [1.54, 1.807) is 34.7 Å². The number of aromatic nitrogens is 2. The number of carboxylic acid groups (broad SMARTS) is 1. The van der Waals surface area contributed by atoms with Gasteiger partial charge in [0.25, 0.3) is 0 Å². The smallest absolute Gasteiger partial charge is 0.331 e. The van der Waals surface area contributed by atoms with Gasteiger partial charge in [-0.05, 0) is 23.9 Å². The maximum atomic E-state index is 12.3. The maximum absolute atomic E-state index is 12.3. The van der Waals surface area contributed by atoms with Crippen LogP contribution in [0.25, 0.3) is 0 Å². The van der Waals surface area contributed by atoms with E-state index in [1.807, 2.05) is 17.5 Å². The van der Waals surface area contributed by atoms with Crippen molar-refractivity contribution in [2.45, 2.75) is 31.2 Å². The van der Waals surface area contributed by atoms with Gasteiger partial charge in [0.2, 0.25) is 5.91 Å². The van der Waals surface area contributed by atoms with Gasteiger partial charge in [-0.15, -0.1) is 11.3 Å². The third kappa shape index (κ3) is 3.14. The Hall–Kier alpha value is -2.15. The molecule has 3 heterocycles. The molecular formula is C16H19N3O3S. The second-order valence-corrected chi connectivity index (χ2v) is 6.78. The van der Waals surface area contributed by atoms with Crippen LogP contribution in [0.2, 0.25) is 0 Å². The molecule has 2 aromatic heterocycles. The van der Waals surface area contributed by atoms with Crippen LogP contribution in [0.1, 0.15) is 24.1 Å². The topological polar surface area (TPSA) is 75.4 Å². The number of carbonyl (C=O) groups excluding carboxylic acids is 1. The van der Waals surface area contributed by atoms with Crippen molar-refractivity contribution in [3.63, 3.8) is 0 Å².